The molecule has 9 rings (SSSR count). The van der Waals surface area contributed by atoms with Gasteiger partial charge in [-0.1, -0.05) is 81.7 Å². The maximum Gasteiger partial charge on any atom is 0.410 e. The molecule has 1 amide bonds. The predicted octanol–water partition coefficient (Wildman–Crippen LogP) is 7.39. The van der Waals surface area contributed by atoms with Crippen molar-refractivity contribution >= 4 is 11.9 Å². The van der Waals surface area contributed by atoms with Gasteiger partial charge in [0.25, 0.3) is 0 Å². The molecule has 1 saturated heterocycles. The van der Waals surface area contributed by atoms with Crippen molar-refractivity contribution in [2.75, 3.05) is 6.54 Å². The molecule has 1 N–H and O–H groups in total. The van der Waals surface area contributed by atoms with Gasteiger partial charge in [-0.15, -0.1) is 0 Å². The van der Waals surface area contributed by atoms with E-state index in [1.165, 1.54) is 6.42 Å². The Labute approximate surface area is 250 Å². The second-order valence-corrected chi connectivity index (χ2v) is 15.7. The summed E-state index contributed by atoms with van der Waals surface area (Å²) in [4.78, 5) is 30.1. The zero-order chi connectivity index (χ0) is 29.0. The number of carbonyl (C=O) groups excluding carboxylic acids is 2. The lowest BCUT2D eigenvalue weighted by molar-refractivity contribution is -0.169. The molecule has 1 heterocycles. The van der Waals surface area contributed by atoms with Crippen LogP contribution in [-0.2, 0) is 16.1 Å². The molecule has 4 saturated carbocycles. The second-order valence-electron chi connectivity index (χ2n) is 15.7. The van der Waals surface area contributed by atoms with Crippen LogP contribution < -0.4 is 0 Å². The summed E-state index contributed by atoms with van der Waals surface area (Å²) in [6.07, 6.45) is 18.8. The largest absolute Gasteiger partial charge is 0.440 e. The molecule has 1 aliphatic heterocycles. The third kappa shape index (κ3) is 3.35. The molecule has 2 bridgehead atoms. The van der Waals surface area contributed by atoms with Gasteiger partial charge in [0.05, 0.1) is 12.6 Å². The van der Waals surface area contributed by atoms with Crippen LogP contribution >= 0.6 is 0 Å². The Morgan fingerprint density at radius 2 is 1.64 bits per heavy atom. The zero-order valence-electron chi connectivity index (χ0n) is 25.4. The van der Waals surface area contributed by atoms with E-state index in [2.05, 4.69) is 44.2 Å². The molecule has 8 atom stereocenters. The number of amides is 1. The van der Waals surface area contributed by atoms with Crippen molar-refractivity contribution in [1.82, 2.24) is 4.90 Å². The summed E-state index contributed by atoms with van der Waals surface area (Å²) < 4.78 is 6.53. The Hall–Kier alpha value is -2.40. The molecular formula is C37H47NO4. The van der Waals surface area contributed by atoms with E-state index >= 15 is 0 Å². The number of fused-ring (bicyclic) bond motifs is 2. The molecule has 42 heavy (non-hydrogen) atoms. The Bertz CT molecular complexity index is 1360. The molecular weight excluding hydrogens is 522 g/mol. The number of hydrogen-bond acceptors (Lipinski definition) is 4. The summed E-state index contributed by atoms with van der Waals surface area (Å²) in [5.41, 5.74) is 0.944. The van der Waals surface area contributed by atoms with Crippen molar-refractivity contribution in [2.45, 2.75) is 109 Å². The summed E-state index contributed by atoms with van der Waals surface area (Å²) >= 11 is 0. The number of carbonyl (C=O) groups is 2. The fourth-order valence-corrected chi connectivity index (χ4v) is 11.9. The van der Waals surface area contributed by atoms with Crippen LogP contribution in [0.2, 0.25) is 0 Å². The number of ether oxygens (including phenoxy) is 1. The van der Waals surface area contributed by atoms with Gasteiger partial charge < -0.3 is 9.84 Å². The van der Waals surface area contributed by atoms with Gasteiger partial charge in [-0.3, -0.25) is 9.69 Å². The first-order chi connectivity index (χ1) is 20.2. The number of benzene rings is 1. The van der Waals surface area contributed by atoms with Crippen LogP contribution in [0.4, 0.5) is 4.79 Å². The van der Waals surface area contributed by atoms with Gasteiger partial charge in [0.1, 0.15) is 5.60 Å². The summed E-state index contributed by atoms with van der Waals surface area (Å²) in [5.74, 6) is 1.15. The highest BCUT2D eigenvalue weighted by Crippen LogP contribution is 2.79. The van der Waals surface area contributed by atoms with Crippen LogP contribution in [0.15, 0.2) is 54.1 Å². The van der Waals surface area contributed by atoms with Gasteiger partial charge in [0.15, 0.2) is 5.78 Å². The van der Waals surface area contributed by atoms with E-state index in [-0.39, 0.29) is 45.7 Å². The minimum absolute atomic E-state index is 0.0279. The van der Waals surface area contributed by atoms with E-state index in [1.54, 1.807) is 0 Å². The van der Waals surface area contributed by atoms with E-state index in [9.17, 15) is 14.7 Å². The second kappa shape index (κ2) is 9.06. The molecule has 0 radical (unpaired) electrons. The topological polar surface area (TPSA) is 66.8 Å². The quantitative estimate of drug-likeness (QED) is 0.384. The molecule has 1 aromatic carbocycles. The first kappa shape index (κ1) is 27.2. The zero-order valence-corrected chi connectivity index (χ0v) is 25.4. The fraction of sp³-hybridized carbons (Fsp3) is 0.676. The van der Waals surface area contributed by atoms with Gasteiger partial charge in [0.2, 0.25) is 0 Å². The van der Waals surface area contributed by atoms with Crippen molar-refractivity contribution in [2.24, 2.45) is 39.4 Å². The molecule has 8 aliphatic rings. The van der Waals surface area contributed by atoms with Gasteiger partial charge in [0, 0.05) is 34.3 Å². The van der Waals surface area contributed by atoms with Crippen molar-refractivity contribution in [3.05, 3.63) is 59.7 Å². The van der Waals surface area contributed by atoms with Crippen molar-refractivity contribution in [3.8, 4) is 0 Å². The Morgan fingerprint density at radius 1 is 0.929 bits per heavy atom. The number of ketones is 1. The van der Waals surface area contributed by atoms with Gasteiger partial charge in [-0.2, -0.15) is 0 Å². The average molecular weight is 570 g/mol. The standard InChI is InChI=1S/C37H47NO4/c1-33-16-13-27(39)21-35(33)19-20-37(28(22-35)31(40)26-11-7-4-8-12-26)29(33)14-17-34(2)30(37)15-18-36(34)24-38(32(41)42-36)23-25-9-5-3-6-10-25/h3,5-6,9-10,19-20,22,26-27,29-30,39H,4,7-8,11-18,21,23-24H2,1-2H3. The minimum Gasteiger partial charge on any atom is -0.440 e. The van der Waals surface area contributed by atoms with Crippen LogP contribution in [-0.4, -0.2) is 40.1 Å². The number of allylic oxidation sites excluding steroid dienone is 4. The summed E-state index contributed by atoms with van der Waals surface area (Å²) in [6.45, 7) is 6.07. The fourth-order valence-electron chi connectivity index (χ4n) is 11.9. The van der Waals surface area contributed by atoms with Crippen LogP contribution in [0.1, 0.15) is 96.5 Å². The summed E-state index contributed by atoms with van der Waals surface area (Å²) in [7, 11) is 0. The molecule has 8 unspecified atom stereocenters. The number of Topliss-reactive ketones (excluding diaryl/α,β-unsaturated/α-hetero) is 1. The SMILES string of the molecule is CC12CCC(O)CC13C=CC1(C(C(=O)C4CCCCC4)=C3)C2CCC2(C)C1CCC21CN(Cc2ccccc2)C(=O)O1. The van der Waals surface area contributed by atoms with E-state index in [0.29, 0.717) is 24.8 Å². The molecule has 5 fully saturated rings. The third-order valence-corrected chi connectivity index (χ3v) is 14.1. The summed E-state index contributed by atoms with van der Waals surface area (Å²) in [6, 6.07) is 10.2. The minimum atomic E-state index is -0.522. The first-order valence-electron chi connectivity index (χ1n) is 16.8. The lowest BCUT2D eigenvalue weighted by atomic mass is 9.32. The Balaban J connectivity index is 1.21. The number of aliphatic hydroxyl groups excluding tert-OH is 1. The van der Waals surface area contributed by atoms with Crippen LogP contribution in [0.5, 0.6) is 0 Å². The molecule has 5 nitrogen and oxygen atoms in total. The van der Waals surface area contributed by atoms with Crippen LogP contribution in [0, 0.1) is 39.4 Å². The molecule has 3 spiro atoms. The highest BCUT2D eigenvalue weighted by Gasteiger charge is 2.76. The van der Waals surface area contributed by atoms with E-state index in [1.807, 2.05) is 23.1 Å². The normalized spacial score (nSPS) is 45.8. The van der Waals surface area contributed by atoms with Crippen molar-refractivity contribution in [3.63, 3.8) is 0 Å². The van der Waals surface area contributed by atoms with Gasteiger partial charge in [-0.05, 0) is 80.6 Å². The third-order valence-electron chi connectivity index (χ3n) is 14.1. The Kier molecular flexibility index (Phi) is 5.86. The van der Waals surface area contributed by atoms with Crippen LogP contribution in [0.25, 0.3) is 0 Å². The number of nitrogens with zero attached hydrogens (tertiary/aromatic N) is 1. The van der Waals surface area contributed by atoms with Gasteiger partial charge >= 0.3 is 6.09 Å². The predicted molar refractivity (Wildman–Crippen MR) is 161 cm³/mol. The monoisotopic (exact) mass is 569 g/mol. The Morgan fingerprint density at radius 3 is 2.43 bits per heavy atom. The van der Waals surface area contributed by atoms with E-state index in [0.717, 1.165) is 81.8 Å². The van der Waals surface area contributed by atoms with Crippen molar-refractivity contribution < 1.29 is 19.4 Å². The molecule has 1 aromatic rings. The first-order valence-corrected chi connectivity index (χ1v) is 16.8. The lowest BCUT2D eigenvalue weighted by Crippen LogP contribution is -2.67. The van der Waals surface area contributed by atoms with Crippen molar-refractivity contribution in [1.29, 1.82) is 0 Å². The van der Waals surface area contributed by atoms with Crippen LogP contribution in [0.3, 0.4) is 0 Å². The highest BCUT2D eigenvalue weighted by atomic mass is 16.6. The van der Waals surface area contributed by atoms with Gasteiger partial charge in [-0.25, -0.2) is 4.79 Å². The molecule has 5 heteroatoms. The molecule has 7 aliphatic carbocycles. The number of hydrogen-bond donors (Lipinski definition) is 1. The number of aliphatic hydroxyl groups is 1. The maximum atomic E-state index is 14.7. The molecule has 224 valence electrons. The van der Waals surface area contributed by atoms with E-state index in [4.69, 9.17) is 4.74 Å². The molecule has 0 aromatic heterocycles. The smallest absolute Gasteiger partial charge is 0.410 e. The number of rotatable bonds is 4. The summed E-state index contributed by atoms with van der Waals surface area (Å²) in [5, 5.41) is 10.9. The average Bonchev–Trinajstić information content (AvgIpc) is 3.47. The maximum absolute atomic E-state index is 14.7. The lowest BCUT2D eigenvalue weighted by Gasteiger charge is -2.71. The van der Waals surface area contributed by atoms with E-state index < -0.39 is 5.60 Å². The highest BCUT2D eigenvalue weighted by molar-refractivity contribution is 6.00.